The molecule has 3 aromatic carbocycles. The molecule has 122 valence electrons. The molecule has 2 nitrogen and oxygen atoms in total. The summed E-state index contributed by atoms with van der Waals surface area (Å²) in [6, 6.07) is 29.3. The first kappa shape index (κ1) is 15.9. The summed E-state index contributed by atoms with van der Waals surface area (Å²) in [5.41, 5.74) is 2.26. The molecule has 0 N–H and O–H groups in total. The van der Waals surface area contributed by atoms with Crippen LogP contribution < -0.4 is 0 Å². The van der Waals surface area contributed by atoms with Crippen molar-refractivity contribution in [3.63, 3.8) is 0 Å². The Labute approximate surface area is 154 Å². The SMILES string of the molecule is O=C1OC(c2ccccc2)(c2ccccc2)C(Br)=C1c1ccccc1. The fourth-order valence-corrected chi connectivity index (χ4v) is 4.16. The molecule has 0 radical (unpaired) electrons. The second-order valence-electron chi connectivity index (χ2n) is 5.86. The Balaban J connectivity index is 2.00. The summed E-state index contributed by atoms with van der Waals surface area (Å²) < 4.78 is 6.77. The highest BCUT2D eigenvalue weighted by Crippen LogP contribution is 2.51. The predicted molar refractivity (Wildman–Crippen MR) is 102 cm³/mol. The van der Waals surface area contributed by atoms with Gasteiger partial charge < -0.3 is 4.74 Å². The van der Waals surface area contributed by atoms with Crippen LogP contribution in [0.1, 0.15) is 16.7 Å². The van der Waals surface area contributed by atoms with E-state index in [1.165, 1.54) is 0 Å². The van der Waals surface area contributed by atoms with Crippen LogP contribution in [0.15, 0.2) is 95.5 Å². The van der Waals surface area contributed by atoms with Crippen molar-refractivity contribution >= 4 is 27.5 Å². The minimum absolute atomic E-state index is 0.328. The molecule has 0 aromatic heterocycles. The summed E-state index contributed by atoms with van der Waals surface area (Å²) in [7, 11) is 0. The number of hydrogen-bond acceptors (Lipinski definition) is 2. The first-order valence-corrected chi connectivity index (χ1v) is 8.83. The molecular formula is C22H15BrO2. The molecule has 1 aliphatic heterocycles. The van der Waals surface area contributed by atoms with Crippen molar-refractivity contribution in [2.75, 3.05) is 0 Å². The highest BCUT2D eigenvalue weighted by atomic mass is 79.9. The second kappa shape index (κ2) is 6.34. The Kier molecular flexibility index (Phi) is 4.02. The molecule has 0 saturated carbocycles. The van der Waals surface area contributed by atoms with Crippen LogP contribution in [-0.2, 0) is 15.1 Å². The first-order chi connectivity index (χ1) is 12.2. The van der Waals surface area contributed by atoms with Crippen molar-refractivity contribution < 1.29 is 9.53 Å². The molecule has 3 heteroatoms. The van der Waals surface area contributed by atoms with Crippen LogP contribution in [0.4, 0.5) is 0 Å². The second-order valence-corrected chi connectivity index (χ2v) is 6.65. The molecule has 0 amide bonds. The van der Waals surface area contributed by atoms with Crippen LogP contribution >= 0.6 is 15.9 Å². The van der Waals surface area contributed by atoms with Gasteiger partial charge >= 0.3 is 5.97 Å². The average molecular weight is 391 g/mol. The lowest BCUT2D eigenvalue weighted by Gasteiger charge is -2.30. The number of hydrogen-bond donors (Lipinski definition) is 0. The number of esters is 1. The van der Waals surface area contributed by atoms with Crippen molar-refractivity contribution in [3.8, 4) is 0 Å². The van der Waals surface area contributed by atoms with Crippen LogP contribution in [-0.4, -0.2) is 5.97 Å². The number of halogens is 1. The first-order valence-electron chi connectivity index (χ1n) is 8.03. The monoisotopic (exact) mass is 390 g/mol. The number of ether oxygens (including phenoxy) is 1. The molecule has 4 rings (SSSR count). The Morgan fingerprint density at radius 3 is 1.60 bits per heavy atom. The quantitative estimate of drug-likeness (QED) is 0.567. The Morgan fingerprint density at radius 2 is 1.12 bits per heavy atom. The fourth-order valence-electron chi connectivity index (χ4n) is 3.23. The van der Waals surface area contributed by atoms with E-state index >= 15 is 0 Å². The van der Waals surface area contributed by atoms with E-state index in [1.54, 1.807) is 0 Å². The van der Waals surface area contributed by atoms with Gasteiger partial charge in [0.15, 0.2) is 5.60 Å². The zero-order chi connectivity index (χ0) is 17.3. The van der Waals surface area contributed by atoms with Crippen molar-refractivity contribution in [2.45, 2.75) is 5.60 Å². The third kappa shape index (κ3) is 2.52. The van der Waals surface area contributed by atoms with Gasteiger partial charge in [0, 0.05) is 11.1 Å². The number of carbonyl (C=O) groups excluding carboxylic acids is 1. The summed E-state index contributed by atoms with van der Waals surface area (Å²) in [4.78, 5) is 12.8. The van der Waals surface area contributed by atoms with Gasteiger partial charge in [-0.05, 0) is 21.5 Å². The molecule has 0 atom stereocenters. The molecule has 1 aliphatic rings. The Bertz CT molecular complexity index is 892. The largest absolute Gasteiger partial charge is 0.440 e. The van der Waals surface area contributed by atoms with E-state index in [0.29, 0.717) is 5.57 Å². The van der Waals surface area contributed by atoms with E-state index in [1.807, 2.05) is 91.0 Å². The normalized spacial score (nSPS) is 16.0. The van der Waals surface area contributed by atoms with Crippen molar-refractivity contribution in [3.05, 3.63) is 112 Å². The van der Waals surface area contributed by atoms with Gasteiger partial charge in [0.05, 0.1) is 10.1 Å². The number of benzene rings is 3. The van der Waals surface area contributed by atoms with E-state index < -0.39 is 5.60 Å². The number of rotatable bonds is 3. The lowest BCUT2D eigenvalue weighted by Crippen LogP contribution is -2.29. The minimum atomic E-state index is -0.967. The predicted octanol–water partition coefficient (Wildman–Crippen LogP) is 5.29. The Hall–Kier alpha value is -2.65. The van der Waals surface area contributed by atoms with E-state index in [4.69, 9.17) is 4.74 Å². The summed E-state index contributed by atoms with van der Waals surface area (Å²) in [5.74, 6) is -0.328. The molecule has 0 unspecified atom stereocenters. The maximum Gasteiger partial charge on any atom is 0.341 e. The van der Waals surface area contributed by atoms with Gasteiger partial charge in [-0.3, -0.25) is 0 Å². The zero-order valence-corrected chi connectivity index (χ0v) is 14.9. The summed E-state index contributed by atoms with van der Waals surface area (Å²) >= 11 is 3.71. The lowest BCUT2D eigenvalue weighted by molar-refractivity contribution is -0.142. The average Bonchev–Trinajstić information content (AvgIpc) is 2.95. The molecule has 0 fully saturated rings. The molecule has 0 aliphatic carbocycles. The Morgan fingerprint density at radius 1 is 0.680 bits per heavy atom. The summed E-state index contributed by atoms with van der Waals surface area (Å²) in [5, 5.41) is 0. The maximum absolute atomic E-state index is 12.8. The fraction of sp³-hybridized carbons (Fsp3) is 0.0455. The van der Waals surface area contributed by atoms with Crippen molar-refractivity contribution in [2.24, 2.45) is 0 Å². The van der Waals surface area contributed by atoms with Crippen LogP contribution in [0.2, 0.25) is 0 Å². The van der Waals surface area contributed by atoms with Crippen LogP contribution in [0.25, 0.3) is 5.57 Å². The minimum Gasteiger partial charge on any atom is -0.440 e. The van der Waals surface area contributed by atoms with Gasteiger partial charge in [-0.1, -0.05) is 91.0 Å². The smallest absolute Gasteiger partial charge is 0.341 e. The number of carbonyl (C=O) groups is 1. The molecule has 25 heavy (non-hydrogen) atoms. The summed E-state index contributed by atoms with van der Waals surface area (Å²) in [6.07, 6.45) is 0. The summed E-state index contributed by atoms with van der Waals surface area (Å²) in [6.45, 7) is 0. The van der Waals surface area contributed by atoms with E-state index in [9.17, 15) is 4.79 Å². The van der Waals surface area contributed by atoms with Gasteiger partial charge in [0.2, 0.25) is 0 Å². The van der Waals surface area contributed by atoms with Gasteiger partial charge in [-0.2, -0.15) is 0 Å². The molecule has 3 aromatic rings. The molecule has 0 spiro atoms. The van der Waals surface area contributed by atoms with Gasteiger partial charge in [-0.15, -0.1) is 0 Å². The maximum atomic E-state index is 12.8. The highest BCUT2D eigenvalue weighted by Gasteiger charge is 2.49. The highest BCUT2D eigenvalue weighted by molar-refractivity contribution is 9.12. The van der Waals surface area contributed by atoms with Crippen molar-refractivity contribution in [1.82, 2.24) is 0 Å². The third-order valence-corrected chi connectivity index (χ3v) is 5.36. The van der Waals surface area contributed by atoms with Gasteiger partial charge in [0.25, 0.3) is 0 Å². The molecule has 1 heterocycles. The van der Waals surface area contributed by atoms with Crippen molar-refractivity contribution in [1.29, 1.82) is 0 Å². The van der Waals surface area contributed by atoms with E-state index in [2.05, 4.69) is 15.9 Å². The zero-order valence-electron chi connectivity index (χ0n) is 13.4. The van der Waals surface area contributed by atoms with Crippen LogP contribution in [0.3, 0.4) is 0 Å². The topological polar surface area (TPSA) is 26.3 Å². The van der Waals surface area contributed by atoms with Crippen LogP contribution in [0, 0.1) is 0 Å². The molecule has 0 bridgehead atoms. The van der Waals surface area contributed by atoms with E-state index in [0.717, 1.165) is 21.2 Å². The van der Waals surface area contributed by atoms with E-state index in [-0.39, 0.29) is 5.97 Å². The van der Waals surface area contributed by atoms with Gasteiger partial charge in [-0.25, -0.2) is 4.79 Å². The number of cyclic esters (lactones) is 1. The standard InChI is InChI=1S/C22H15BrO2/c23-20-19(16-10-4-1-5-11-16)21(24)25-22(20,17-12-6-2-7-13-17)18-14-8-3-9-15-18/h1-15H. The third-order valence-electron chi connectivity index (χ3n) is 4.40. The molecular weight excluding hydrogens is 376 g/mol. The molecule has 0 saturated heterocycles. The van der Waals surface area contributed by atoms with Crippen LogP contribution in [0.5, 0.6) is 0 Å². The van der Waals surface area contributed by atoms with Gasteiger partial charge in [0.1, 0.15) is 0 Å². The lowest BCUT2D eigenvalue weighted by atomic mass is 9.85.